The van der Waals surface area contributed by atoms with Gasteiger partial charge in [0, 0.05) is 0 Å². The van der Waals surface area contributed by atoms with Gasteiger partial charge in [-0.05, 0) is 81.1 Å². The number of likely N-dealkylation sites (N-methyl/N-ethyl adjacent to an activating group) is 1. The second kappa shape index (κ2) is 22.2. The van der Waals surface area contributed by atoms with Crippen molar-refractivity contribution in [1.29, 1.82) is 0 Å². The Kier molecular flexibility index (Phi) is 18.8. The van der Waals surface area contributed by atoms with Crippen molar-refractivity contribution < 1.29 is 24.2 Å². The van der Waals surface area contributed by atoms with E-state index in [1.807, 2.05) is 48.5 Å². The van der Waals surface area contributed by atoms with Crippen molar-refractivity contribution in [2.24, 2.45) is 10.2 Å². The highest BCUT2D eigenvalue weighted by molar-refractivity contribution is 5.44. The number of hydrogen-bond acceptors (Lipinski definition) is 6. The van der Waals surface area contributed by atoms with E-state index in [-0.39, 0.29) is 13.2 Å². The van der Waals surface area contributed by atoms with Gasteiger partial charge in [0.15, 0.2) is 0 Å². The van der Waals surface area contributed by atoms with Crippen LogP contribution in [0.4, 0.5) is 11.4 Å². The molecule has 0 atom stereocenters. The van der Waals surface area contributed by atoms with Gasteiger partial charge in [0.1, 0.15) is 24.6 Å². The van der Waals surface area contributed by atoms with E-state index in [0.29, 0.717) is 0 Å². The minimum atomic E-state index is 0.191. The number of aliphatic hydroxyl groups is 2. The number of ether oxygens (including phenoxy) is 2. The molecular weight excluding hydrogens is 514 g/mol. The molecule has 0 aliphatic carbocycles. The Morgan fingerprint density at radius 2 is 0.951 bits per heavy atom. The van der Waals surface area contributed by atoms with Crippen LogP contribution in [0.3, 0.4) is 0 Å². The molecule has 230 valence electrons. The molecule has 2 aromatic carbocycles. The van der Waals surface area contributed by atoms with E-state index < -0.39 is 0 Å². The van der Waals surface area contributed by atoms with Gasteiger partial charge < -0.3 is 24.2 Å². The number of azo groups is 1. The maximum atomic E-state index is 9.38. The molecule has 0 saturated heterocycles. The van der Waals surface area contributed by atoms with Crippen LogP contribution in [-0.2, 0) is 0 Å². The Morgan fingerprint density at radius 3 is 1.37 bits per heavy atom. The van der Waals surface area contributed by atoms with E-state index in [4.69, 9.17) is 9.47 Å². The number of unbranched alkanes of at least 4 members (excludes halogenated alkanes) is 10. The molecule has 0 spiro atoms. The summed E-state index contributed by atoms with van der Waals surface area (Å²) >= 11 is 0. The normalized spacial score (nSPS) is 11.8. The Morgan fingerprint density at radius 1 is 0.537 bits per heavy atom. The van der Waals surface area contributed by atoms with Gasteiger partial charge in [-0.2, -0.15) is 10.2 Å². The molecule has 2 aromatic rings. The predicted molar refractivity (Wildman–Crippen MR) is 169 cm³/mol. The first-order valence-corrected chi connectivity index (χ1v) is 16.1. The molecule has 0 heterocycles. The third-order valence-electron chi connectivity index (χ3n) is 7.84. The second-order valence-electron chi connectivity index (χ2n) is 11.0. The zero-order valence-corrected chi connectivity index (χ0v) is 25.8. The predicted octanol–water partition coefficient (Wildman–Crippen LogP) is 8.38. The fraction of sp³-hybridized carbons (Fsp3) is 0.647. The average molecular weight is 571 g/mol. The first-order valence-electron chi connectivity index (χ1n) is 16.1. The molecule has 0 aliphatic rings. The number of benzene rings is 2. The average Bonchev–Trinajstić information content (AvgIpc) is 3.00. The van der Waals surface area contributed by atoms with Gasteiger partial charge in [-0.15, -0.1) is 0 Å². The molecule has 0 aliphatic heterocycles. The van der Waals surface area contributed by atoms with E-state index in [1.165, 1.54) is 57.8 Å². The summed E-state index contributed by atoms with van der Waals surface area (Å²) in [7, 11) is 0. The molecule has 0 bridgehead atoms. The largest absolute Gasteiger partial charge is 0.494 e. The molecular formula is C34H56N3O4+. The van der Waals surface area contributed by atoms with Gasteiger partial charge in [-0.25, -0.2) is 0 Å². The summed E-state index contributed by atoms with van der Waals surface area (Å²) in [6.07, 6.45) is 14.5. The van der Waals surface area contributed by atoms with Crippen molar-refractivity contribution >= 4 is 11.4 Å². The van der Waals surface area contributed by atoms with Crippen LogP contribution in [-0.4, -0.2) is 67.3 Å². The van der Waals surface area contributed by atoms with Crippen LogP contribution >= 0.6 is 0 Å². The van der Waals surface area contributed by atoms with Crippen molar-refractivity contribution in [1.82, 2.24) is 0 Å². The third-order valence-corrected chi connectivity index (χ3v) is 7.84. The molecule has 0 amide bonds. The summed E-state index contributed by atoms with van der Waals surface area (Å²) in [4.78, 5) is 0. The Balaban J connectivity index is 1.54. The third kappa shape index (κ3) is 15.4. The van der Waals surface area contributed by atoms with Crippen LogP contribution in [0, 0.1) is 0 Å². The molecule has 0 radical (unpaired) electrons. The van der Waals surface area contributed by atoms with Crippen molar-refractivity contribution in [2.75, 3.05) is 52.6 Å². The van der Waals surface area contributed by atoms with Gasteiger partial charge in [0.25, 0.3) is 0 Å². The Bertz CT molecular complexity index is 913. The van der Waals surface area contributed by atoms with E-state index in [1.54, 1.807) is 0 Å². The molecule has 0 unspecified atom stereocenters. The van der Waals surface area contributed by atoms with Gasteiger partial charge >= 0.3 is 0 Å². The zero-order chi connectivity index (χ0) is 29.4. The topological polar surface area (TPSA) is 83.6 Å². The number of quaternary nitrogens is 1. The molecule has 0 aromatic heterocycles. The summed E-state index contributed by atoms with van der Waals surface area (Å²) in [5.74, 6) is 1.74. The van der Waals surface area contributed by atoms with Crippen molar-refractivity contribution in [2.45, 2.75) is 90.9 Å². The molecule has 2 N–H and O–H groups in total. The lowest BCUT2D eigenvalue weighted by Crippen LogP contribution is -2.52. The van der Waals surface area contributed by atoms with Crippen LogP contribution < -0.4 is 9.47 Å². The summed E-state index contributed by atoms with van der Waals surface area (Å²) < 4.78 is 12.6. The molecule has 0 fully saturated rings. The quantitative estimate of drug-likeness (QED) is 0.0713. The minimum Gasteiger partial charge on any atom is -0.494 e. The van der Waals surface area contributed by atoms with E-state index in [2.05, 4.69) is 24.1 Å². The number of nitrogens with zero attached hydrogens (tertiary/aromatic N) is 3. The lowest BCUT2D eigenvalue weighted by Gasteiger charge is -2.37. The standard InChI is InChI=1S/C34H56N3O4/c1-3-5-6-11-14-29-40-33-20-16-31(17-21-33)35-36-32-18-22-34(23-19-32)41-30-15-12-9-7-8-10-13-24-37(4-2,25-27-38)26-28-39/h16-23,38-39H,3-15,24-30H2,1-2H3/q+1. The van der Waals surface area contributed by atoms with Crippen LogP contribution in [0.15, 0.2) is 58.8 Å². The molecule has 7 nitrogen and oxygen atoms in total. The van der Waals surface area contributed by atoms with Gasteiger partial charge in [0.2, 0.25) is 0 Å². The van der Waals surface area contributed by atoms with Crippen LogP contribution in [0.2, 0.25) is 0 Å². The molecule has 2 rings (SSSR count). The monoisotopic (exact) mass is 570 g/mol. The maximum Gasteiger partial charge on any atom is 0.119 e. The smallest absolute Gasteiger partial charge is 0.119 e. The molecule has 0 saturated carbocycles. The molecule has 41 heavy (non-hydrogen) atoms. The highest BCUT2D eigenvalue weighted by Gasteiger charge is 2.23. The van der Waals surface area contributed by atoms with Gasteiger partial charge in [-0.3, -0.25) is 0 Å². The SMILES string of the molecule is CCCCCCCOc1ccc(N=Nc2ccc(OCCCCCCCCC[N+](CC)(CCO)CCO)cc2)cc1. The van der Waals surface area contributed by atoms with Crippen molar-refractivity contribution in [3.05, 3.63) is 48.5 Å². The summed E-state index contributed by atoms with van der Waals surface area (Å²) in [6.45, 7) is 9.76. The summed E-state index contributed by atoms with van der Waals surface area (Å²) in [5, 5.41) is 27.4. The first kappa shape index (κ1) is 34.7. The van der Waals surface area contributed by atoms with Crippen LogP contribution in [0.25, 0.3) is 0 Å². The highest BCUT2D eigenvalue weighted by atomic mass is 16.5. The van der Waals surface area contributed by atoms with E-state index in [0.717, 1.165) is 86.0 Å². The van der Waals surface area contributed by atoms with Crippen LogP contribution in [0.1, 0.15) is 90.9 Å². The van der Waals surface area contributed by atoms with Crippen molar-refractivity contribution in [3.8, 4) is 11.5 Å². The number of rotatable bonds is 25. The summed E-state index contributed by atoms with van der Waals surface area (Å²) in [6, 6.07) is 15.5. The van der Waals surface area contributed by atoms with Crippen molar-refractivity contribution in [3.63, 3.8) is 0 Å². The minimum absolute atomic E-state index is 0.191. The fourth-order valence-corrected chi connectivity index (χ4v) is 5.09. The highest BCUT2D eigenvalue weighted by Crippen LogP contribution is 2.23. The number of hydrogen-bond donors (Lipinski definition) is 2. The fourth-order valence-electron chi connectivity index (χ4n) is 5.09. The summed E-state index contributed by atoms with van der Waals surface area (Å²) in [5.41, 5.74) is 1.60. The lowest BCUT2D eigenvalue weighted by atomic mass is 10.1. The maximum absolute atomic E-state index is 9.38. The van der Waals surface area contributed by atoms with E-state index >= 15 is 0 Å². The number of aliphatic hydroxyl groups excluding tert-OH is 2. The lowest BCUT2D eigenvalue weighted by molar-refractivity contribution is -0.927. The Hall–Kier alpha value is -2.48. The Labute approximate surface area is 249 Å². The zero-order valence-electron chi connectivity index (χ0n) is 25.8. The van der Waals surface area contributed by atoms with Gasteiger partial charge in [-0.1, -0.05) is 58.3 Å². The van der Waals surface area contributed by atoms with Crippen LogP contribution in [0.5, 0.6) is 11.5 Å². The molecule has 7 heteroatoms. The first-order chi connectivity index (χ1) is 20.1. The second-order valence-corrected chi connectivity index (χ2v) is 11.0. The van der Waals surface area contributed by atoms with Gasteiger partial charge in [0.05, 0.1) is 50.9 Å². The van der Waals surface area contributed by atoms with E-state index in [9.17, 15) is 10.2 Å².